The van der Waals surface area contributed by atoms with E-state index in [4.69, 9.17) is 0 Å². The van der Waals surface area contributed by atoms with Gasteiger partial charge in [0.2, 0.25) is 0 Å². The molecule has 0 N–H and O–H groups in total. The SMILES string of the molecule is Cc1ccc2c3ccc(C)cc3n(-c3cc(C(F)(F)F)cc(-n4c5cc(C)ccc5c5ccc(C)cc54)c3-c3cccc(C#N)c3)c2c1. The summed E-state index contributed by atoms with van der Waals surface area (Å²) < 4.78 is 49.4. The Bertz CT molecular complexity index is 2400. The molecule has 6 aromatic carbocycles. The summed E-state index contributed by atoms with van der Waals surface area (Å²) in [5, 5.41) is 13.8. The third kappa shape index (κ3) is 4.57. The van der Waals surface area contributed by atoms with Gasteiger partial charge in [0.25, 0.3) is 0 Å². The van der Waals surface area contributed by atoms with Crippen molar-refractivity contribution in [3.8, 4) is 28.6 Å². The van der Waals surface area contributed by atoms with E-state index in [9.17, 15) is 5.26 Å². The van der Waals surface area contributed by atoms with Gasteiger partial charge in [0, 0.05) is 27.1 Å². The van der Waals surface area contributed by atoms with E-state index in [0.29, 0.717) is 28.1 Å². The highest BCUT2D eigenvalue weighted by molar-refractivity contribution is 6.12. The Morgan fingerprint density at radius 3 is 1.27 bits per heavy atom. The van der Waals surface area contributed by atoms with Gasteiger partial charge in [-0.25, -0.2) is 0 Å². The summed E-state index contributed by atoms with van der Waals surface area (Å²) >= 11 is 0. The zero-order valence-corrected chi connectivity index (χ0v) is 26.9. The van der Waals surface area contributed by atoms with Crippen molar-refractivity contribution >= 4 is 43.6 Å². The van der Waals surface area contributed by atoms with Crippen molar-refractivity contribution in [3.05, 3.63) is 143 Å². The van der Waals surface area contributed by atoms with Crippen molar-refractivity contribution in [2.45, 2.75) is 33.9 Å². The topological polar surface area (TPSA) is 33.6 Å². The number of hydrogen-bond donors (Lipinski definition) is 0. The van der Waals surface area contributed by atoms with Crippen LogP contribution in [0.1, 0.15) is 33.4 Å². The molecule has 0 saturated heterocycles. The van der Waals surface area contributed by atoms with Crippen LogP contribution in [0.15, 0.2) is 109 Å². The van der Waals surface area contributed by atoms with E-state index in [1.807, 2.05) is 116 Å². The van der Waals surface area contributed by atoms with Gasteiger partial charge in [0.05, 0.1) is 50.6 Å². The van der Waals surface area contributed by atoms with Gasteiger partial charge < -0.3 is 9.13 Å². The number of halogens is 3. The molecule has 0 atom stereocenters. The second kappa shape index (κ2) is 10.6. The summed E-state index contributed by atoms with van der Waals surface area (Å²) in [5.74, 6) is 0. The van der Waals surface area contributed by atoms with E-state index in [0.717, 1.165) is 65.9 Å². The number of nitrogens with zero attached hydrogens (tertiary/aromatic N) is 3. The Morgan fingerprint density at radius 2 is 0.917 bits per heavy atom. The maximum atomic E-state index is 15.1. The fourth-order valence-electron chi connectivity index (χ4n) is 7.16. The van der Waals surface area contributed by atoms with E-state index in [1.165, 1.54) is 12.1 Å². The molecule has 0 radical (unpaired) electrons. The van der Waals surface area contributed by atoms with Crippen LogP contribution < -0.4 is 0 Å². The van der Waals surface area contributed by atoms with Gasteiger partial charge >= 0.3 is 6.18 Å². The Morgan fingerprint density at radius 1 is 0.521 bits per heavy atom. The Hall–Kier alpha value is -5.80. The Labute approximate surface area is 275 Å². The van der Waals surface area contributed by atoms with Gasteiger partial charge in [-0.15, -0.1) is 0 Å². The molecule has 48 heavy (non-hydrogen) atoms. The number of aromatic nitrogens is 2. The zero-order chi connectivity index (χ0) is 33.5. The number of fused-ring (bicyclic) bond motifs is 6. The van der Waals surface area contributed by atoms with Crippen LogP contribution in [-0.4, -0.2) is 9.13 Å². The number of hydrogen-bond acceptors (Lipinski definition) is 1. The molecule has 8 rings (SSSR count). The summed E-state index contributed by atoms with van der Waals surface area (Å²) in [5.41, 5.74) is 8.94. The van der Waals surface area contributed by atoms with Crippen LogP contribution >= 0.6 is 0 Å². The summed E-state index contributed by atoms with van der Waals surface area (Å²) in [7, 11) is 0. The van der Waals surface area contributed by atoms with Gasteiger partial charge in [-0.05, 0) is 104 Å². The number of alkyl halides is 3. The van der Waals surface area contributed by atoms with Gasteiger partial charge in [-0.1, -0.05) is 60.7 Å². The fraction of sp³-hybridized carbons (Fsp3) is 0.119. The normalized spacial score (nSPS) is 12.0. The Kier molecular flexibility index (Phi) is 6.54. The molecule has 234 valence electrons. The number of benzene rings is 6. The largest absolute Gasteiger partial charge is 0.416 e. The molecule has 8 aromatic rings. The minimum Gasteiger partial charge on any atom is -0.309 e. The predicted octanol–water partition coefficient (Wildman–Crippen LogP) is 11.7. The smallest absolute Gasteiger partial charge is 0.309 e. The number of rotatable bonds is 3. The standard InChI is InChI=1S/C42H30F3N3/c1-24-8-12-31-32-13-9-25(2)17-36(32)47(35(31)16-24)39-21-30(42(43,44)45)22-40(41(39)29-7-5-6-28(20-29)23-46)48-37-18-26(3)10-14-33(37)34-15-11-27(4)19-38(34)48/h5-22H,1-4H3. The van der Waals surface area contributed by atoms with Crippen LogP contribution in [0, 0.1) is 39.0 Å². The molecule has 2 heterocycles. The van der Waals surface area contributed by atoms with Gasteiger partial charge in [-0.2, -0.15) is 18.4 Å². The highest BCUT2D eigenvalue weighted by Gasteiger charge is 2.34. The highest BCUT2D eigenvalue weighted by atomic mass is 19.4. The maximum absolute atomic E-state index is 15.1. The molecular formula is C42H30F3N3. The average molecular weight is 634 g/mol. The van der Waals surface area contributed by atoms with Crippen molar-refractivity contribution in [3.63, 3.8) is 0 Å². The zero-order valence-electron chi connectivity index (χ0n) is 26.9. The lowest BCUT2D eigenvalue weighted by Gasteiger charge is -2.23. The third-order valence-corrected chi connectivity index (χ3v) is 9.34. The Balaban J connectivity index is 1.65. The van der Waals surface area contributed by atoms with E-state index in [-0.39, 0.29) is 0 Å². The minimum absolute atomic E-state index is 0.390. The van der Waals surface area contributed by atoms with E-state index in [2.05, 4.69) is 6.07 Å². The van der Waals surface area contributed by atoms with E-state index < -0.39 is 11.7 Å². The third-order valence-electron chi connectivity index (χ3n) is 9.34. The van der Waals surface area contributed by atoms with Crippen LogP contribution in [0.3, 0.4) is 0 Å². The second-order valence-corrected chi connectivity index (χ2v) is 12.8. The first-order valence-corrected chi connectivity index (χ1v) is 15.8. The molecule has 2 aromatic heterocycles. The average Bonchev–Trinajstić information content (AvgIpc) is 3.53. The summed E-state index contributed by atoms with van der Waals surface area (Å²) in [6.45, 7) is 7.96. The molecule has 0 spiro atoms. The summed E-state index contributed by atoms with van der Waals surface area (Å²) in [6, 6.07) is 36.4. The highest BCUT2D eigenvalue weighted by Crippen LogP contribution is 2.45. The molecule has 6 heteroatoms. The minimum atomic E-state index is -4.63. The monoisotopic (exact) mass is 633 g/mol. The van der Waals surface area contributed by atoms with Crippen LogP contribution in [0.25, 0.3) is 66.1 Å². The van der Waals surface area contributed by atoms with Crippen molar-refractivity contribution in [1.29, 1.82) is 5.26 Å². The summed E-state index contributed by atoms with van der Waals surface area (Å²) in [4.78, 5) is 0. The van der Waals surface area contributed by atoms with Crippen LogP contribution in [0.2, 0.25) is 0 Å². The number of nitriles is 1. The second-order valence-electron chi connectivity index (χ2n) is 12.8. The molecule has 0 aliphatic heterocycles. The summed E-state index contributed by atoms with van der Waals surface area (Å²) in [6.07, 6.45) is -4.63. The molecule has 3 nitrogen and oxygen atoms in total. The van der Waals surface area contributed by atoms with Gasteiger partial charge in [0.1, 0.15) is 0 Å². The molecular weight excluding hydrogens is 603 g/mol. The van der Waals surface area contributed by atoms with Gasteiger partial charge in [-0.3, -0.25) is 0 Å². The molecule has 0 aliphatic rings. The first-order valence-electron chi connectivity index (χ1n) is 15.8. The van der Waals surface area contributed by atoms with Crippen molar-refractivity contribution in [2.75, 3.05) is 0 Å². The van der Waals surface area contributed by atoms with Gasteiger partial charge in [0.15, 0.2) is 0 Å². The molecule has 0 fully saturated rings. The molecule has 0 unspecified atom stereocenters. The lowest BCUT2D eigenvalue weighted by atomic mass is 9.96. The predicted molar refractivity (Wildman–Crippen MR) is 189 cm³/mol. The van der Waals surface area contributed by atoms with Crippen LogP contribution in [-0.2, 0) is 6.18 Å². The van der Waals surface area contributed by atoms with Crippen molar-refractivity contribution in [1.82, 2.24) is 9.13 Å². The molecule has 0 bridgehead atoms. The van der Waals surface area contributed by atoms with E-state index >= 15 is 13.2 Å². The van der Waals surface area contributed by atoms with Crippen LogP contribution in [0.4, 0.5) is 13.2 Å². The first kappa shape index (κ1) is 29.6. The fourth-order valence-corrected chi connectivity index (χ4v) is 7.16. The van der Waals surface area contributed by atoms with Crippen molar-refractivity contribution < 1.29 is 13.2 Å². The first-order chi connectivity index (χ1) is 23.0. The quantitative estimate of drug-likeness (QED) is 0.191. The van der Waals surface area contributed by atoms with E-state index in [1.54, 1.807) is 18.2 Å². The lowest BCUT2D eigenvalue weighted by molar-refractivity contribution is -0.137. The molecule has 0 saturated carbocycles. The van der Waals surface area contributed by atoms with Crippen LogP contribution in [0.5, 0.6) is 0 Å². The molecule has 0 aliphatic carbocycles. The number of aryl methyl sites for hydroxylation is 4. The van der Waals surface area contributed by atoms with Crippen molar-refractivity contribution in [2.24, 2.45) is 0 Å². The molecule has 0 amide bonds. The lowest BCUT2D eigenvalue weighted by Crippen LogP contribution is -2.11. The maximum Gasteiger partial charge on any atom is 0.416 e.